The Labute approximate surface area is 163 Å². The van der Waals surface area contributed by atoms with E-state index >= 15 is 0 Å². The largest absolute Gasteiger partial charge is 0.383 e. The number of hydrogen-bond donors (Lipinski definition) is 2. The second kappa shape index (κ2) is 9.07. The van der Waals surface area contributed by atoms with Crippen molar-refractivity contribution in [3.8, 4) is 0 Å². The van der Waals surface area contributed by atoms with E-state index in [2.05, 4.69) is 47.6 Å². The highest BCUT2D eigenvalue weighted by atomic mass is 16.5. The highest BCUT2D eigenvalue weighted by Crippen LogP contribution is 2.43. The van der Waals surface area contributed by atoms with E-state index < -0.39 is 0 Å². The molecule has 1 heterocycles. The standard InChI is InChI=1S/C22H35N3O2/c1-17-5-6-19(15-18(17)2)22(9-4-10-22)16-23-21(26)24-20-7-11-25(12-8-20)13-14-27-3/h5-6,15,20H,4,7-14,16H2,1-3H3,(H2,23,24,26). The van der Waals surface area contributed by atoms with Gasteiger partial charge in [0.2, 0.25) is 0 Å². The fraction of sp³-hybridized carbons (Fsp3) is 0.682. The molecule has 5 heteroatoms. The lowest BCUT2D eigenvalue weighted by molar-refractivity contribution is 0.126. The minimum atomic E-state index is -0.0135. The Bertz CT molecular complexity index is 634. The van der Waals surface area contributed by atoms with Gasteiger partial charge >= 0.3 is 6.03 Å². The van der Waals surface area contributed by atoms with Crippen molar-refractivity contribution in [3.63, 3.8) is 0 Å². The Hall–Kier alpha value is -1.59. The third-order valence-corrected chi connectivity index (χ3v) is 6.55. The Morgan fingerprint density at radius 1 is 1.22 bits per heavy atom. The number of rotatable bonds is 7. The van der Waals surface area contributed by atoms with Gasteiger partial charge in [0.25, 0.3) is 0 Å². The first-order valence-electron chi connectivity index (χ1n) is 10.4. The van der Waals surface area contributed by atoms with Crippen LogP contribution >= 0.6 is 0 Å². The van der Waals surface area contributed by atoms with Gasteiger partial charge in [-0.1, -0.05) is 24.6 Å². The van der Waals surface area contributed by atoms with Crippen molar-refractivity contribution >= 4 is 6.03 Å². The summed E-state index contributed by atoms with van der Waals surface area (Å²) in [5.74, 6) is 0. The number of piperidine rings is 1. The fourth-order valence-corrected chi connectivity index (χ4v) is 4.25. The van der Waals surface area contributed by atoms with E-state index in [1.807, 2.05) is 0 Å². The van der Waals surface area contributed by atoms with Crippen LogP contribution in [0.15, 0.2) is 18.2 Å². The summed E-state index contributed by atoms with van der Waals surface area (Å²) in [7, 11) is 1.74. The highest BCUT2D eigenvalue weighted by Gasteiger charge is 2.39. The molecular formula is C22H35N3O2. The zero-order valence-electron chi connectivity index (χ0n) is 17.1. The van der Waals surface area contributed by atoms with Crippen molar-refractivity contribution in [2.45, 2.75) is 57.4 Å². The molecule has 0 bridgehead atoms. The third kappa shape index (κ3) is 5.02. The molecule has 1 saturated carbocycles. The van der Waals surface area contributed by atoms with Gasteiger partial charge in [-0.15, -0.1) is 0 Å². The molecule has 3 rings (SSSR count). The van der Waals surface area contributed by atoms with Crippen molar-refractivity contribution in [1.82, 2.24) is 15.5 Å². The van der Waals surface area contributed by atoms with Crippen LogP contribution in [0.1, 0.15) is 48.8 Å². The fourth-order valence-electron chi connectivity index (χ4n) is 4.25. The lowest BCUT2D eigenvalue weighted by Gasteiger charge is -2.43. The molecule has 0 spiro atoms. The summed E-state index contributed by atoms with van der Waals surface area (Å²) in [6, 6.07) is 7.03. The van der Waals surface area contributed by atoms with Crippen molar-refractivity contribution in [3.05, 3.63) is 34.9 Å². The minimum absolute atomic E-state index is 0.0135. The molecule has 2 fully saturated rings. The lowest BCUT2D eigenvalue weighted by Crippen LogP contribution is -2.52. The molecule has 1 aliphatic heterocycles. The summed E-state index contributed by atoms with van der Waals surface area (Å²) in [5, 5.41) is 6.35. The normalized spacial score (nSPS) is 20.1. The van der Waals surface area contributed by atoms with Gasteiger partial charge in [0.05, 0.1) is 6.61 Å². The van der Waals surface area contributed by atoms with Crippen LogP contribution in [-0.4, -0.2) is 56.9 Å². The molecule has 27 heavy (non-hydrogen) atoms. The minimum Gasteiger partial charge on any atom is -0.383 e. The predicted octanol–water partition coefficient (Wildman–Crippen LogP) is 3.14. The van der Waals surface area contributed by atoms with Gasteiger partial charge in [-0.3, -0.25) is 0 Å². The van der Waals surface area contributed by atoms with Gasteiger partial charge in [-0.2, -0.15) is 0 Å². The van der Waals surface area contributed by atoms with Crippen LogP contribution in [0.25, 0.3) is 0 Å². The van der Waals surface area contributed by atoms with E-state index in [0.717, 1.165) is 58.5 Å². The predicted molar refractivity (Wildman–Crippen MR) is 109 cm³/mol. The first-order chi connectivity index (χ1) is 13.0. The van der Waals surface area contributed by atoms with Crippen molar-refractivity contribution in [2.75, 3.05) is 39.9 Å². The second-order valence-corrected chi connectivity index (χ2v) is 8.37. The molecular weight excluding hydrogens is 338 g/mol. The number of carbonyl (C=O) groups excluding carboxylic acids is 1. The molecule has 150 valence electrons. The van der Waals surface area contributed by atoms with E-state index in [-0.39, 0.29) is 17.5 Å². The van der Waals surface area contributed by atoms with Gasteiger partial charge in [0.15, 0.2) is 0 Å². The number of urea groups is 1. The molecule has 1 aromatic carbocycles. The van der Waals surface area contributed by atoms with E-state index in [0.29, 0.717) is 0 Å². The van der Waals surface area contributed by atoms with Crippen LogP contribution in [0, 0.1) is 13.8 Å². The van der Waals surface area contributed by atoms with Crippen LogP contribution in [0.3, 0.4) is 0 Å². The molecule has 2 aliphatic rings. The monoisotopic (exact) mass is 373 g/mol. The summed E-state index contributed by atoms with van der Waals surface area (Å²) in [5.41, 5.74) is 4.17. The van der Waals surface area contributed by atoms with Crippen molar-refractivity contribution in [1.29, 1.82) is 0 Å². The number of hydrogen-bond acceptors (Lipinski definition) is 3. The number of carbonyl (C=O) groups is 1. The van der Waals surface area contributed by atoms with Crippen LogP contribution in [0.2, 0.25) is 0 Å². The van der Waals surface area contributed by atoms with Crippen LogP contribution in [0.5, 0.6) is 0 Å². The van der Waals surface area contributed by atoms with Gasteiger partial charge in [0.1, 0.15) is 0 Å². The molecule has 0 aromatic heterocycles. The lowest BCUT2D eigenvalue weighted by atomic mass is 9.64. The molecule has 0 unspecified atom stereocenters. The maximum atomic E-state index is 12.4. The van der Waals surface area contributed by atoms with E-state index in [4.69, 9.17) is 4.74 Å². The quantitative estimate of drug-likeness (QED) is 0.772. The van der Waals surface area contributed by atoms with Crippen LogP contribution < -0.4 is 10.6 Å². The van der Waals surface area contributed by atoms with Gasteiger partial charge in [-0.05, 0) is 56.2 Å². The van der Waals surface area contributed by atoms with Gasteiger partial charge in [-0.25, -0.2) is 4.79 Å². The SMILES string of the molecule is COCCN1CCC(NC(=O)NCC2(c3ccc(C)c(C)c3)CCC2)CC1. The number of nitrogens with zero attached hydrogens (tertiary/aromatic N) is 1. The van der Waals surface area contributed by atoms with E-state index in [1.54, 1.807) is 7.11 Å². The maximum absolute atomic E-state index is 12.4. The van der Waals surface area contributed by atoms with Crippen molar-refractivity contribution in [2.24, 2.45) is 0 Å². The molecule has 1 aromatic rings. The summed E-state index contributed by atoms with van der Waals surface area (Å²) in [6.07, 6.45) is 5.59. The Kier molecular flexibility index (Phi) is 6.77. The number of benzene rings is 1. The molecule has 0 atom stereocenters. The number of methoxy groups -OCH3 is 1. The highest BCUT2D eigenvalue weighted by molar-refractivity contribution is 5.74. The molecule has 1 aliphatic carbocycles. The zero-order chi connectivity index (χ0) is 19.3. The average Bonchev–Trinajstić information content (AvgIpc) is 2.63. The second-order valence-electron chi connectivity index (χ2n) is 8.37. The number of likely N-dealkylation sites (tertiary alicyclic amines) is 1. The van der Waals surface area contributed by atoms with E-state index in [9.17, 15) is 4.79 Å². The maximum Gasteiger partial charge on any atom is 0.315 e. The van der Waals surface area contributed by atoms with Crippen LogP contribution in [0.4, 0.5) is 4.79 Å². The Balaban J connectivity index is 1.46. The van der Waals surface area contributed by atoms with E-state index in [1.165, 1.54) is 23.1 Å². The number of nitrogens with one attached hydrogen (secondary N) is 2. The van der Waals surface area contributed by atoms with Crippen molar-refractivity contribution < 1.29 is 9.53 Å². The zero-order valence-corrected chi connectivity index (χ0v) is 17.1. The Morgan fingerprint density at radius 2 is 1.96 bits per heavy atom. The summed E-state index contributed by atoms with van der Waals surface area (Å²) in [4.78, 5) is 14.9. The third-order valence-electron chi connectivity index (χ3n) is 6.55. The number of ether oxygens (including phenoxy) is 1. The molecule has 5 nitrogen and oxygen atoms in total. The molecule has 1 saturated heterocycles. The first kappa shape index (κ1) is 20.2. The Morgan fingerprint density at radius 3 is 2.56 bits per heavy atom. The van der Waals surface area contributed by atoms with Crippen LogP contribution in [-0.2, 0) is 10.2 Å². The summed E-state index contributed by atoms with van der Waals surface area (Å²) in [6.45, 7) is 8.87. The number of aryl methyl sites for hydroxylation is 2. The smallest absolute Gasteiger partial charge is 0.315 e. The first-order valence-corrected chi connectivity index (χ1v) is 10.4. The topological polar surface area (TPSA) is 53.6 Å². The molecule has 2 amide bonds. The number of amides is 2. The molecule has 0 radical (unpaired) electrons. The van der Waals surface area contributed by atoms with Gasteiger partial charge in [0, 0.05) is 44.7 Å². The van der Waals surface area contributed by atoms with Gasteiger partial charge < -0.3 is 20.3 Å². The summed E-state index contributed by atoms with van der Waals surface area (Å²) < 4.78 is 5.14. The molecule has 2 N–H and O–H groups in total. The average molecular weight is 374 g/mol. The summed E-state index contributed by atoms with van der Waals surface area (Å²) >= 11 is 0.